The van der Waals surface area contributed by atoms with Crippen molar-refractivity contribution in [1.82, 2.24) is 0 Å². The predicted octanol–water partition coefficient (Wildman–Crippen LogP) is 2.15. The van der Waals surface area contributed by atoms with Crippen LogP contribution in [-0.4, -0.2) is 11.7 Å². The van der Waals surface area contributed by atoms with Crippen molar-refractivity contribution in [3.8, 4) is 0 Å². The zero-order valence-corrected chi connectivity index (χ0v) is 6.20. The zero-order valence-electron chi connectivity index (χ0n) is 6.20. The summed E-state index contributed by atoms with van der Waals surface area (Å²) in [5, 5.41) is 0. The molecule has 1 nitrogen and oxygen atoms in total. The van der Waals surface area contributed by atoms with E-state index in [4.69, 9.17) is 0 Å². The number of ketones is 1. The molecule has 0 atom stereocenters. The normalized spacial score (nSPS) is 32.4. The first kappa shape index (κ1) is 7.19. The molecule has 0 N–H and O–H groups in total. The summed E-state index contributed by atoms with van der Waals surface area (Å²) in [6, 6.07) is 0. The molecule has 0 amide bonds. The molecule has 0 aromatic carbocycles. The summed E-state index contributed by atoms with van der Waals surface area (Å²) < 4.78 is 25.4. The molecule has 0 unspecified atom stereocenters. The maximum absolute atomic E-state index is 12.7. The van der Waals surface area contributed by atoms with Crippen molar-refractivity contribution in [2.45, 2.75) is 38.0 Å². The Morgan fingerprint density at radius 2 is 1.64 bits per heavy atom. The van der Waals surface area contributed by atoms with Crippen LogP contribution in [0.2, 0.25) is 0 Å². The molecule has 2 aliphatic carbocycles. The Hall–Kier alpha value is -0.470. The second kappa shape index (κ2) is 1.82. The van der Waals surface area contributed by atoms with E-state index in [1.54, 1.807) is 0 Å². The second-order valence-electron chi connectivity index (χ2n) is 3.70. The fourth-order valence-electron chi connectivity index (χ4n) is 1.93. The van der Waals surface area contributed by atoms with Crippen LogP contribution in [0.5, 0.6) is 0 Å². The first-order valence-electron chi connectivity index (χ1n) is 3.95. The molecular formula is C8H10F2O. The minimum absolute atomic E-state index is 0.0211. The van der Waals surface area contributed by atoms with Crippen molar-refractivity contribution >= 4 is 5.78 Å². The van der Waals surface area contributed by atoms with Gasteiger partial charge < -0.3 is 0 Å². The van der Waals surface area contributed by atoms with Crippen LogP contribution in [0, 0.1) is 5.41 Å². The number of hydrogen-bond donors (Lipinski definition) is 0. The van der Waals surface area contributed by atoms with E-state index in [1.807, 2.05) is 0 Å². The third-order valence-corrected chi connectivity index (χ3v) is 2.98. The molecule has 0 bridgehead atoms. The molecule has 2 rings (SSSR count). The molecule has 0 aliphatic heterocycles. The molecule has 11 heavy (non-hydrogen) atoms. The third kappa shape index (κ3) is 0.898. The smallest absolute Gasteiger partial charge is 0.254 e. The SMILES string of the molecule is O=C1CCC2(CC1)CC2(F)F. The quantitative estimate of drug-likeness (QED) is 0.530. The molecule has 0 heterocycles. The molecule has 3 heteroatoms. The Morgan fingerprint density at radius 3 is 2.00 bits per heavy atom. The van der Waals surface area contributed by atoms with E-state index in [2.05, 4.69) is 0 Å². The van der Waals surface area contributed by atoms with E-state index in [-0.39, 0.29) is 12.2 Å². The zero-order chi connectivity index (χ0) is 8.11. The standard InChI is InChI=1S/C8H10F2O/c9-8(10)5-7(8)3-1-6(11)2-4-7/h1-5H2. The predicted molar refractivity (Wildman–Crippen MR) is 35.5 cm³/mol. The molecule has 0 aromatic rings. The highest BCUT2D eigenvalue weighted by Crippen LogP contribution is 2.66. The fourth-order valence-corrected chi connectivity index (χ4v) is 1.93. The topological polar surface area (TPSA) is 17.1 Å². The lowest BCUT2D eigenvalue weighted by Gasteiger charge is -2.19. The Labute approximate surface area is 63.8 Å². The van der Waals surface area contributed by atoms with Gasteiger partial charge in [-0.2, -0.15) is 0 Å². The van der Waals surface area contributed by atoms with E-state index >= 15 is 0 Å². The number of carbonyl (C=O) groups is 1. The van der Waals surface area contributed by atoms with Crippen molar-refractivity contribution in [3.05, 3.63) is 0 Å². The highest BCUT2D eigenvalue weighted by Gasteiger charge is 2.70. The van der Waals surface area contributed by atoms with Gasteiger partial charge in [0, 0.05) is 24.7 Å². The summed E-state index contributed by atoms with van der Waals surface area (Å²) >= 11 is 0. The van der Waals surface area contributed by atoms with E-state index in [0.29, 0.717) is 25.7 Å². The van der Waals surface area contributed by atoms with Gasteiger partial charge in [-0.05, 0) is 12.8 Å². The van der Waals surface area contributed by atoms with Gasteiger partial charge >= 0.3 is 0 Å². The summed E-state index contributed by atoms with van der Waals surface area (Å²) in [5.41, 5.74) is -0.749. The summed E-state index contributed by atoms with van der Waals surface area (Å²) in [4.78, 5) is 10.7. The Bertz CT molecular complexity index is 200. The first-order chi connectivity index (χ1) is 5.06. The van der Waals surface area contributed by atoms with Crippen LogP contribution < -0.4 is 0 Å². The highest BCUT2D eigenvalue weighted by atomic mass is 19.3. The van der Waals surface area contributed by atoms with Gasteiger partial charge in [0.05, 0.1) is 0 Å². The molecule has 2 aliphatic rings. The van der Waals surface area contributed by atoms with E-state index in [9.17, 15) is 13.6 Å². The number of halogens is 2. The minimum atomic E-state index is -2.45. The molecular weight excluding hydrogens is 150 g/mol. The van der Waals surface area contributed by atoms with Crippen LogP contribution in [0.4, 0.5) is 8.78 Å². The largest absolute Gasteiger partial charge is 0.300 e. The summed E-state index contributed by atoms with van der Waals surface area (Å²) in [6.45, 7) is 0. The number of Topliss-reactive ketones (excluding diaryl/α,β-unsaturated/α-hetero) is 1. The van der Waals surface area contributed by atoms with E-state index in [1.165, 1.54) is 0 Å². The van der Waals surface area contributed by atoms with Crippen molar-refractivity contribution in [2.24, 2.45) is 5.41 Å². The van der Waals surface area contributed by atoms with Crippen molar-refractivity contribution in [2.75, 3.05) is 0 Å². The van der Waals surface area contributed by atoms with Crippen molar-refractivity contribution < 1.29 is 13.6 Å². The van der Waals surface area contributed by atoms with E-state index < -0.39 is 11.3 Å². The Balaban J connectivity index is 2.05. The Morgan fingerprint density at radius 1 is 1.18 bits per heavy atom. The van der Waals surface area contributed by atoms with Crippen LogP contribution in [0.15, 0.2) is 0 Å². The molecule has 0 radical (unpaired) electrons. The minimum Gasteiger partial charge on any atom is -0.300 e. The maximum Gasteiger partial charge on any atom is 0.254 e. The summed E-state index contributed by atoms with van der Waals surface area (Å²) in [6.07, 6.45) is 1.59. The van der Waals surface area contributed by atoms with Gasteiger partial charge in [-0.25, -0.2) is 8.78 Å². The number of rotatable bonds is 0. The average Bonchev–Trinajstić information content (AvgIpc) is 2.44. The van der Waals surface area contributed by atoms with Gasteiger partial charge in [-0.3, -0.25) is 4.79 Å². The molecule has 62 valence electrons. The maximum atomic E-state index is 12.7. The highest BCUT2D eigenvalue weighted by molar-refractivity contribution is 5.79. The lowest BCUT2D eigenvalue weighted by atomic mass is 9.85. The Kier molecular flexibility index (Phi) is 1.19. The van der Waals surface area contributed by atoms with Crippen LogP contribution in [0.25, 0.3) is 0 Å². The molecule has 2 fully saturated rings. The second-order valence-corrected chi connectivity index (χ2v) is 3.70. The van der Waals surface area contributed by atoms with Gasteiger partial charge in [0.15, 0.2) is 0 Å². The number of hydrogen-bond acceptors (Lipinski definition) is 1. The molecule has 0 aromatic heterocycles. The lowest BCUT2D eigenvalue weighted by molar-refractivity contribution is -0.122. The lowest BCUT2D eigenvalue weighted by Crippen LogP contribution is -2.20. The van der Waals surface area contributed by atoms with Crippen LogP contribution in [0.1, 0.15) is 32.1 Å². The fraction of sp³-hybridized carbons (Fsp3) is 0.875. The van der Waals surface area contributed by atoms with Crippen molar-refractivity contribution in [3.63, 3.8) is 0 Å². The molecule has 0 saturated heterocycles. The summed E-state index contributed by atoms with van der Waals surface area (Å²) in [7, 11) is 0. The monoisotopic (exact) mass is 160 g/mol. The van der Waals surface area contributed by atoms with Gasteiger partial charge in [0.1, 0.15) is 5.78 Å². The van der Waals surface area contributed by atoms with Crippen LogP contribution in [-0.2, 0) is 4.79 Å². The summed E-state index contributed by atoms with van der Waals surface area (Å²) in [5.74, 6) is -2.30. The third-order valence-electron chi connectivity index (χ3n) is 2.98. The van der Waals surface area contributed by atoms with Crippen LogP contribution >= 0.6 is 0 Å². The van der Waals surface area contributed by atoms with Gasteiger partial charge in [0.2, 0.25) is 0 Å². The van der Waals surface area contributed by atoms with Crippen molar-refractivity contribution in [1.29, 1.82) is 0 Å². The molecule has 1 spiro atoms. The number of carbonyl (C=O) groups excluding carboxylic acids is 1. The van der Waals surface area contributed by atoms with Gasteiger partial charge in [-0.15, -0.1) is 0 Å². The average molecular weight is 160 g/mol. The number of alkyl halides is 2. The van der Waals surface area contributed by atoms with E-state index in [0.717, 1.165) is 0 Å². The van der Waals surface area contributed by atoms with Gasteiger partial charge in [0.25, 0.3) is 5.92 Å². The van der Waals surface area contributed by atoms with Crippen LogP contribution in [0.3, 0.4) is 0 Å². The first-order valence-corrected chi connectivity index (χ1v) is 3.95. The van der Waals surface area contributed by atoms with Gasteiger partial charge in [-0.1, -0.05) is 0 Å². The molecule has 2 saturated carbocycles.